The van der Waals surface area contributed by atoms with E-state index in [1.807, 2.05) is 6.07 Å². The highest BCUT2D eigenvalue weighted by Gasteiger charge is 2.08. The molecule has 0 atom stereocenters. The maximum atomic E-state index is 11.5. The predicted octanol–water partition coefficient (Wildman–Crippen LogP) is 1.68. The number of hydrogen-bond donors (Lipinski definition) is 0. The number of nitrogens with zero attached hydrogens (tertiary/aromatic N) is 1. The van der Waals surface area contributed by atoms with Crippen LogP contribution in [0.1, 0.15) is 5.56 Å². The Morgan fingerprint density at radius 2 is 1.93 bits per heavy atom. The molecule has 0 bridgehead atoms. The number of hydrogen-bond acceptors (Lipinski definition) is 3. The summed E-state index contributed by atoms with van der Waals surface area (Å²) >= 11 is 0. The number of rotatable bonds is 4. The Kier molecular flexibility index (Phi) is 4.07. The van der Waals surface area contributed by atoms with Crippen molar-refractivity contribution in [2.45, 2.75) is 5.75 Å². The summed E-state index contributed by atoms with van der Waals surface area (Å²) in [6, 6.07) is 10.7. The van der Waals surface area contributed by atoms with Gasteiger partial charge in [0.15, 0.2) is 9.84 Å². The van der Waals surface area contributed by atoms with Gasteiger partial charge in [0.1, 0.15) is 0 Å². The minimum Gasteiger partial charge on any atom is -0.228 e. The Morgan fingerprint density at radius 1 is 1.27 bits per heavy atom. The number of benzene rings is 1. The van der Waals surface area contributed by atoms with Crippen LogP contribution in [0.2, 0.25) is 0 Å². The molecule has 0 heterocycles. The Labute approximate surface area is 89.6 Å². The van der Waals surface area contributed by atoms with Crippen LogP contribution in [0.15, 0.2) is 42.5 Å². The zero-order valence-corrected chi connectivity index (χ0v) is 8.94. The van der Waals surface area contributed by atoms with Crippen LogP contribution in [-0.2, 0) is 15.6 Å². The van der Waals surface area contributed by atoms with Crippen molar-refractivity contribution in [1.29, 1.82) is 5.26 Å². The van der Waals surface area contributed by atoms with Gasteiger partial charge in [0, 0.05) is 6.08 Å². The van der Waals surface area contributed by atoms with Crippen molar-refractivity contribution < 1.29 is 8.42 Å². The summed E-state index contributed by atoms with van der Waals surface area (Å²) < 4.78 is 23.0. The minimum atomic E-state index is -3.14. The first kappa shape index (κ1) is 11.5. The Hall–Kier alpha value is -1.60. The Bertz CT molecular complexity index is 469. The standard InChI is InChI=1S/C11H11NO2S/c12-8-4-5-9-15(13,14)10-11-6-2-1-3-7-11/h1-7H,9-10H2/b5-4-. The molecule has 0 aliphatic rings. The van der Waals surface area contributed by atoms with Crippen molar-refractivity contribution in [3.63, 3.8) is 0 Å². The summed E-state index contributed by atoms with van der Waals surface area (Å²) in [6.07, 6.45) is 2.54. The lowest BCUT2D eigenvalue weighted by Crippen LogP contribution is -2.07. The zero-order valence-electron chi connectivity index (χ0n) is 8.13. The van der Waals surface area contributed by atoms with Gasteiger partial charge in [-0.2, -0.15) is 5.26 Å². The van der Waals surface area contributed by atoms with E-state index in [4.69, 9.17) is 5.26 Å². The number of allylic oxidation sites excluding steroid dienone is 1. The van der Waals surface area contributed by atoms with Crippen LogP contribution in [0.5, 0.6) is 0 Å². The van der Waals surface area contributed by atoms with Crippen molar-refractivity contribution in [2.24, 2.45) is 0 Å². The maximum Gasteiger partial charge on any atom is 0.158 e. The van der Waals surface area contributed by atoms with Gasteiger partial charge in [-0.05, 0) is 5.56 Å². The normalized spacial score (nSPS) is 11.4. The summed E-state index contributed by atoms with van der Waals surface area (Å²) in [5.74, 6) is -0.0704. The second-order valence-electron chi connectivity index (χ2n) is 3.07. The highest BCUT2D eigenvalue weighted by atomic mass is 32.2. The molecule has 0 unspecified atom stereocenters. The van der Waals surface area contributed by atoms with E-state index in [1.54, 1.807) is 30.3 Å². The molecule has 0 aromatic heterocycles. The smallest absolute Gasteiger partial charge is 0.158 e. The second kappa shape index (κ2) is 5.32. The van der Waals surface area contributed by atoms with Gasteiger partial charge < -0.3 is 0 Å². The van der Waals surface area contributed by atoms with Crippen LogP contribution >= 0.6 is 0 Å². The van der Waals surface area contributed by atoms with Crippen molar-refractivity contribution >= 4 is 9.84 Å². The molecule has 0 aliphatic heterocycles. The molecule has 0 fully saturated rings. The van der Waals surface area contributed by atoms with Crippen LogP contribution < -0.4 is 0 Å². The molecule has 1 aromatic rings. The molecule has 78 valence electrons. The Morgan fingerprint density at radius 3 is 2.53 bits per heavy atom. The number of sulfone groups is 1. The average Bonchev–Trinajstić information content (AvgIpc) is 2.18. The van der Waals surface area contributed by atoms with E-state index in [0.29, 0.717) is 0 Å². The fourth-order valence-corrected chi connectivity index (χ4v) is 2.34. The van der Waals surface area contributed by atoms with Gasteiger partial charge in [-0.1, -0.05) is 36.4 Å². The van der Waals surface area contributed by atoms with E-state index in [0.717, 1.165) is 5.56 Å². The lowest BCUT2D eigenvalue weighted by Gasteiger charge is -2.00. The molecule has 0 aliphatic carbocycles. The van der Waals surface area contributed by atoms with Crippen molar-refractivity contribution in [3.05, 3.63) is 48.0 Å². The quantitative estimate of drug-likeness (QED) is 0.727. The monoisotopic (exact) mass is 221 g/mol. The number of nitriles is 1. The molecule has 0 saturated heterocycles. The lowest BCUT2D eigenvalue weighted by molar-refractivity contribution is 0.598. The highest BCUT2D eigenvalue weighted by Crippen LogP contribution is 2.06. The SMILES string of the molecule is N#C/C=C\CS(=O)(=O)Cc1ccccc1. The van der Waals surface area contributed by atoms with Crippen molar-refractivity contribution in [3.8, 4) is 6.07 Å². The first-order valence-electron chi connectivity index (χ1n) is 4.43. The summed E-state index contributed by atoms with van der Waals surface area (Å²) in [6.45, 7) is 0. The topological polar surface area (TPSA) is 57.9 Å². The van der Waals surface area contributed by atoms with Crippen LogP contribution in [0, 0.1) is 11.3 Å². The third kappa shape index (κ3) is 4.43. The molecule has 0 amide bonds. The van der Waals surface area contributed by atoms with Crippen molar-refractivity contribution in [2.75, 3.05) is 5.75 Å². The predicted molar refractivity (Wildman–Crippen MR) is 58.7 cm³/mol. The fraction of sp³-hybridized carbons (Fsp3) is 0.182. The molecule has 0 saturated carbocycles. The Balaban J connectivity index is 2.66. The molecule has 0 N–H and O–H groups in total. The van der Waals surface area contributed by atoms with Gasteiger partial charge in [-0.15, -0.1) is 0 Å². The molecule has 0 spiro atoms. The van der Waals surface area contributed by atoms with Gasteiger partial charge in [0.2, 0.25) is 0 Å². The molecule has 3 nitrogen and oxygen atoms in total. The van der Waals surface area contributed by atoms with Gasteiger partial charge in [0.25, 0.3) is 0 Å². The summed E-state index contributed by atoms with van der Waals surface area (Å²) in [5.41, 5.74) is 0.767. The van der Waals surface area contributed by atoms with Crippen LogP contribution in [0.3, 0.4) is 0 Å². The van der Waals surface area contributed by atoms with Crippen LogP contribution in [0.4, 0.5) is 0 Å². The van der Waals surface area contributed by atoms with E-state index in [2.05, 4.69) is 0 Å². The van der Waals surface area contributed by atoms with E-state index in [1.165, 1.54) is 12.2 Å². The largest absolute Gasteiger partial charge is 0.228 e. The molecule has 1 rings (SSSR count). The third-order valence-electron chi connectivity index (χ3n) is 1.77. The zero-order chi connectivity index (χ0) is 11.1. The van der Waals surface area contributed by atoms with Crippen LogP contribution in [-0.4, -0.2) is 14.2 Å². The lowest BCUT2D eigenvalue weighted by atomic mass is 10.2. The molecule has 15 heavy (non-hydrogen) atoms. The summed E-state index contributed by atoms with van der Waals surface area (Å²) in [7, 11) is -3.14. The first-order valence-corrected chi connectivity index (χ1v) is 6.25. The molecule has 0 radical (unpaired) electrons. The van der Waals surface area contributed by atoms with Gasteiger partial charge in [0.05, 0.1) is 17.6 Å². The first-order chi connectivity index (χ1) is 7.14. The summed E-state index contributed by atoms with van der Waals surface area (Å²) in [5, 5.41) is 8.22. The van der Waals surface area contributed by atoms with E-state index in [9.17, 15) is 8.42 Å². The fourth-order valence-electron chi connectivity index (χ4n) is 1.13. The molecular formula is C11H11NO2S. The minimum absolute atomic E-state index is 0.0175. The summed E-state index contributed by atoms with van der Waals surface area (Å²) in [4.78, 5) is 0. The second-order valence-corrected chi connectivity index (χ2v) is 5.18. The highest BCUT2D eigenvalue weighted by molar-refractivity contribution is 7.90. The molecule has 1 aromatic carbocycles. The average molecular weight is 221 g/mol. The molecule has 4 heteroatoms. The van der Waals surface area contributed by atoms with Gasteiger partial charge >= 0.3 is 0 Å². The molecular weight excluding hydrogens is 210 g/mol. The van der Waals surface area contributed by atoms with E-state index in [-0.39, 0.29) is 11.5 Å². The van der Waals surface area contributed by atoms with Gasteiger partial charge in [-0.3, -0.25) is 0 Å². The van der Waals surface area contributed by atoms with E-state index >= 15 is 0 Å². The van der Waals surface area contributed by atoms with Crippen molar-refractivity contribution in [1.82, 2.24) is 0 Å². The van der Waals surface area contributed by atoms with Crippen LogP contribution in [0.25, 0.3) is 0 Å². The third-order valence-corrected chi connectivity index (χ3v) is 3.25. The maximum absolute atomic E-state index is 11.5. The van der Waals surface area contributed by atoms with E-state index < -0.39 is 9.84 Å². The van der Waals surface area contributed by atoms with Gasteiger partial charge in [-0.25, -0.2) is 8.42 Å².